The molecule has 18 heavy (non-hydrogen) atoms. The normalized spacial score (nSPS) is 21.2. The first-order chi connectivity index (χ1) is 8.49. The Morgan fingerprint density at radius 2 is 1.72 bits per heavy atom. The van der Waals surface area contributed by atoms with E-state index in [1.807, 2.05) is 6.07 Å². The van der Waals surface area contributed by atoms with E-state index in [-0.39, 0.29) is 5.66 Å². The van der Waals surface area contributed by atoms with Crippen molar-refractivity contribution in [2.45, 2.75) is 42.7 Å². The quantitative estimate of drug-likeness (QED) is 0.820. The maximum atomic E-state index is 11.6. The first-order valence-electron chi connectivity index (χ1n) is 6.39. The van der Waals surface area contributed by atoms with Crippen LogP contribution in [0.25, 0.3) is 0 Å². The average Bonchev–Trinajstić information content (AvgIpc) is 2.65. The molecule has 98 valence electrons. The molecule has 1 spiro atoms. The highest BCUT2D eigenvalue weighted by Gasteiger charge is 2.37. The summed E-state index contributed by atoms with van der Waals surface area (Å²) in [5.41, 5.74) is 1.89. The minimum absolute atomic E-state index is 0.0449. The molecule has 4 nitrogen and oxygen atoms in total. The first kappa shape index (κ1) is 11.8. The van der Waals surface area contributed by atoms with Crippen LogP contribution in [0.5, 0.6) is 0 Å². The summed E-state index contributed by atoms with van der Waals surface area (Å²) in [5, 5.41) is 7.01. The molecule has 1 aromatic rings. The predicted octanol–water partition coefficient (Wildman–Crippen LogP) is 2.59. The fourth-order valence-corrected chi connectivity index (χ4v) is 3.57. The van der Waals surface area contributed by atoms with Crippen LogP contribution < -0.4 is 10.6 Å². The molecule has 5 heteroatoms. The Balaban J connectivity index is 1.94. The van der Waals surface area contributed by atoms with Crippen molar-refractivity contribution in [1.82, 2.24) is 0 Å². The molecule has 2 N–H and O–H groups in total. The molecule has 0 bridgehead atoms. The van der Waals surface area contributed by atoms with E-state index in [0.717, 1.165) is 24.2 Å². The van der Waals surface area contributed by atoms with Gasteiger partial charge in [0.2, 0.25) is 0 Å². The average molecular weight is 266 g/mol. The van der Waals surface area contributed by atoms with Crippen LogP contribution >= 0.6 is 0 Å². The van der Waals surface area contributed by atoms with E-state index in [0.29, 0.717) is 4.90 Å². The van der Waals surface area contributed by atoms with Gasteiger partial charge in [-0.2, -0.15) is 0 Å². The molecule has 1 heterocycles. The molecule has 0 saturated heterocycles. The van der Waals surface area contributed by atoms with Crippen molar-refractivity contribution in [3.8, 4) is 0 Å². The molecular weight excluding hydrogens is 248 g/mol. The van der Waals surface area contributed by atoms with E-state index in [2.05, 4.69) is 10.6 Å². The second kappa shape index (κ2) is 3.88. The minimum Gasteiger partial charge on any atom is -0.361 e. The second-order valence-corrected chi connectivity index (χ2v) is 7.39. The van der Waals surface area contributed by atoms with Gasteiger partial charge in [0.1, 0.15) is 5.66 Å². The Labute approximate surface area is 108 Å². The van der Waals surface area contributed by atoms with Gasteiger partial charge in [-0.3, -0.25) is 0 Å². The summed E-state index contributed by atoms with van der Waals surface area (Å²) in [5.74, 6) is 0. The van der Waals surface area contributed by atoms with Crippen LogP contribution in [0, 0.1) is 0 Å². The summed E-state index contributed by atoms with van der Waals surface area (Å²) < 4.78 is 23.1. The lowest BCUT2D eigenvalue weighted by Crippen LogP contribution is -2.43. The number of benzene rings is 1. The summed E-state index contributed by atoms with van der Waals surface area (Å²) in [6, 6.07) is 5.27. The third-order valence-corrected chi connectivity index (χ3v) is 4.98. The zero-order valence-electron chi connectivity index (χ0n) is 10.5. The molecule has 0 unspecified atom stereocenters. The van der Waals surface area contributed by atoms with E-state index in [9.17, 15) is 8.42 Å². The lowest BCUT2D eigenvalue weighted by molar-refractivity contribution is 0.367. The van der Waals surface area contributed by atoms with Crippen molar-refractivity contribution in [2.75, 3.05) is 16.9 Å². The van der Waals surface area contributed by atoms with E-state index in [4.69, 9.17) is 0 Å². The molecule has 0 amide bonds. The smallest absolute Gasteiger partial charge is 0.175 e. The zero-order valence-corrected chi connectivity index (χ0v) is 11.3. The lowest BCUT2D eigenvalue weighted by atomic mass is 9.89. The standard InChI is InChI=1S/C13H18N2O2S/c1-18(16,17)10-5-6-11-12(9-10)15-13(14-11)7-3-2-4-8-13/h5-6,9,14-15H,2-4,7-8H2,1H3. The molecule has 0 atom stereocenters. The van der Waals surface area contributed by atoms with Crippen LogP contribution in [0.4, 0.5) is 11.4 Å². The van der Waals surface area contributed by atoms with Crippen molar-refractivity contribution < 1.29 is 8.42 Å². The van der Waals surface area contributed by atoms with Crippen molar-refractivity contribution >= 4 is 21.2 Å². The third kappa shape index (κ3) is 1.96. The molecule has 1 aliphatic carbocycles. The van der Waals surface area contributed by atoms with Crippen LogP contribution in [0.2, 0.25) is 0 Å². The van der Waals surface area contributed by atoms with Gasteiger partial charge in [-0.25, -0.2) is 8.42 Å². The third-order valence-electron chi connectivity index (χ3n) is 3.87. The molecule has 0 aromatic heterocycles. The van der Waals surface area contributed by atoms with E-state index >= 15 is 0 Å². The largest absolute Gasteiger partial charge is 0.361 e. The van der Waals surface area contributed by atoms with Crippen LogP contribution in [-0.4, -0.2) is 20.3 Å². The number of hydrogen-bond donors (Lipinski definition) is 2. The Morgan fingerprint density at radius 3 is 2.39 bits per heavy atom. The van der Waals surface area contributed by atoms with E-state index < -0.39 is 9.84 Å². The van der Waals surface area contributed by atoms with Gasteiger partial charge in [0.25, 0.3) is 0 Å². The van der Waals surface area contributed by atoms with Gasteiger partial charge in [-0.15, -0.1) is 0 Å². The SMILES string of the molecule is CS(=O)(=O)c1ccc2c(c1)NC1(CCCCC1)N2. The molecule has 0 radical (unpaired) electrons. The molecule has 1 saturated carbocycles. The van der Waals surface area contributed by atoms with Crippen molar-refractivity contribution in [1.29, 1.82) is 0 Å². The molecule has 1 fully saturated rings. The van der Waals surface area contributed by atoms with Gasteiger partial charge < -0.3 is 10.6 Å². The van der Waals surface area contributed by atoms with Crippen molar-refractivity contribution in [3.63, 3.8) is 0 Å². The fourth-order valence-electron chi connectivity index (χ4n) is 2.92. The van der Waals surface area contributed by atoms with Gasteiger partial charge >= 0.3 is 0 Å². The number of hydrogen-bond acceptors (Lipinski definition) is 4. The van der Waals surface area contributed by atoms with Crippen LogP contribution in [0.15, 0.2) is 23.1 Å². The maximum Gasteiger partial charge on any atom is 0.175 e. The van der Waals surface area contributed by atoms with E-state index in [1.165, 1.54) is 25.5 Å². The van der Waals surface area contributed by atoms with Crippen LogP contribution in [0.3, 0.4) is 0 Å². The number of anilines is 2. The van der Waals surface area contributed by atoms with Crippen molar-refractivity contribution in [3.05, 3.63) is 18.2 Å². The van der Waals surface area contributed by atoms with Crippen molar-refractivity contribution in [2.24, 2.45) is 0 Å². The summed E-state index contributed by atoms with van der Waals surface area (Å²) in [7, 11) is -3.13. The molecule has 2 aliphatic rings. The maximum absolute atomic E-state index is 11.6. The zero-order chi connectivity index (χ0) is 12.8. The lowest BCUT2D eigenvalue weighted by Gasteiger charge is -2.34. The predicted molar refractivity (Wildman–Crippen MR) is 72.6 cm³/mol. The van der Waals surface area contributed by atoms with Crippen LogP contribution in [-0.2, 0) is 9.84 Å². The fraction of sp³-hybridized carbons (Fsp3) is 0.538. The highest BCUT2D eigenvalue weighted by atomic mass is 32.2. The summed E-state index contributed by atoms with van der Waals surface area (Å²) in [4.78, 5) is 0.378. The van der Waals surface area contributed by atoms with Gasteiger partial charge in [0.05, 0.1) is 16.3 Å². The van der Waals surface area contributed by atoms with Gasteiger partial charge in [0, 0.05) is 6.26 Å². The molecule has 1 aromatic carbocycles. The Hall–Kier alpha value is -1.23. The highest BCUT2D eigenvalue weighted by Crippen LogP contribution is 2.42. The summed E-state index contributed by atoms with van der Waals surface area (Å²) in [6.07, 6.45) is 7.15. The Bertz CT molecular complexity index is 575. The monoisotopic (exact) mass is 266 g/mol. The highest BCUT2D eigenvalue weighted by molar-refractivity contribution is 7.90. The molecular formula is C13H18N2O2S. The topological polar surface area (TPSA) is 58.2 Å². The number of rotatable bonds is 1. The van der Waals surface area contributed by atoms with Gasteiger partial charge in [0.15, 0.2) is 9.84 Å². The summed E-state index contributed by atoms with van der Waals surface area (Å²) in [6.45, 7) is 0. The summed E-state index contributed by atoms with van der Waals surface area (Å²) >= 11 is 0. The van der Waals surface area contributed by atoms with Gasteiger partial charge in [-0.05, 0) is 43.9 Å². The Morgan fingerprint density at radius 1 is 1.06 bits per heavy atom. The first-order valence-corrected chi connectivity index (χ1v) is 8.28. The van der Waals surface area contributed by atoms with Gasteiger partial charge in [-0.1, -0.05) is 6.42 Å². The van der Waals surface area contributed by atoms with Crippen LogP contribution in [0.1, 0.15) is 32.1 Å². The second-order valence-electron chi connectivity index (χ2n) is 5.37. The number of sulfone groups is 1. The number of fused-ring (bicyclic) bond motifs is 1. The number of nitrogens with one attached hydrogen (secondary N) is 2. The molecule has 3 rings (SSSR count). The minimum atomic E-state index is -3.13. The van der Waals surface area contributed by atoms with E-state index in [1.54, 1.807) is 12.1 Å². The molecule has 1 aliphatic heterocycles. The Kier molecular flexibility index (Phi) is 2.55.